The monoisotopic (exact) mass is 446 g/mol. The molecule has 0 heterocycles. The van der Waals surface area contributed by atoms with Gasteiger partial charge in [0.05, 0.1) is 11.5 Å². The molecular formula is C25H34O7. The molecule has 3 saturated carbocycles. The van der Waals surface area contributed by atoms with Crippen LogP contribution in [-0.4, -0.2) is 51.2 Å². The van der Waals surface area contributed by atoms with Gasteiger partial charge in [-0.15, -0.1) is 0 Å². The summed E-state index contributed by atoms with van der Waals surface area (Å²) in [5.41, 5.74) is -2.45. The van der Waals surface area contributed by atoms with Gasteiger partial charge in [0, 0.05) is 23.8 Å². The first-order valence-corrected chi connectivity index (χ1v) is 11.8. The Balaban J connectivity index is 1.74. The first-order valence-electron chi connectivity index (χ1n) is 11.8. The first-order chi connectivity index (χ1) is 15.0. The zero-order chi connectivity index (χ0) is 23.5. The lowest BCUT2D eigenvalue weighted by Crippen LogP contribution is -2.62. The van der Waals surface area contributed by atoms with Gasteiger partial charge in [-0.1, -0.05) is 19.4 Å². The van der Waals surface area contributed by atoms with Crippen LogP contribution >= 0.6 is 0 Å². The van der Waals surface area contributed by atoms with Crippen molar-refractivity contribution in [3.8, 4) is 0 Å². The number of hydrogen-bond donors (Lipinski definition) is 3. The SMILES string of the molecule is CCCC(=O)OC1=CC(=O)C=C2CC[C@@H]3[C@H]([C@@H](O)C[C@@]4(C)[C@H]3CC[C@]4(O)C(=O)CO)[C@]21C. The largest absolute Gasteiger partial charge is 0.430 e. The number of aliphatic hydroxyl groups is 3. The van der Waals surface area contributed by atoms with Gasteiger partial charge in [0.2, 0.25) is 0 Å². The fourth-order valence-corrected chi connectivity index (χ4v) is 7.51. The molecule has 4 aliphatic carbocycles. The molecule has 0 unspecified atom stereocenters. The second kappa shape index (κ2) is 7.89. The van der Waals surface area contributed by atoms with E-state index in [4.69, 9.17) is 4.74 Å². The maximum atomic E-state index is 12.5. The molecule has 7 atom stereocenters. The highest BCUT2D eigenvalue weighted by atomic mass is 16.5. The van der Waals surface area contributed by atoms with E-state index >= 15 is 0 Å². The highest BCUT2D eigenvalue weighted by Gasteiger charge is 2.69. The zero-order valence-electron chi connectivity index (χ0n) is 19.1. The minimum absolute atomic E-state index is 0.0205. The summed E-state index contributed by atoms with van der Waals surface area (Å²) >= 11 is 0. The summed E-state index contributed by atoms with van der Waals surface area (Å²) in [7, 11) is 0. The summed E-state index contributed by atoms with van der Waals surface area (Å²) in [5.74, 6) is -1.25. The van der Waals surface area contributed by atoms with Gasteiger partial charge < -0.3 is 20.1 Å². The van der Waals surface area contributed by atoms with Crippen molar-refractivity contribution in [3.63, 3.8) is 0 Å². The van der Waals surface area contributed by atoms with Gasteiger partial charge in [-0.05, 0) is 63.4 Å². The number of hydrogen-bond acceptors (Lipinski definition) is 7. The minimum Gasteiger partial charge on any atom is -0.430 e. The van der Waals surface area contributed by atoms with E-state index in [1.165, 1.54) is 6.08 Å². The summed E-state index contributed by atoms with van der Waals surface area (Å²) in [6, 6.07) is 0. The molecule has 0 aromatic rings. The van der Waals surface area contributed by atoms with E-state index in [-0.39, 0.29) is 42.8 Å². The molecule has 7 nitrogen and oxygen atoms in total. The summed E-state index contributed by atoms with van der Waals surface area (Å²) in [4.78, 5) is 37.3. The lowest BCUT2D eigenvalue weighted by atomic mass is 9.45. The fourth-order valence-electron chi connectivity index (χ4n) is 7.51. The summed E-state index contributed by atoms with van der Waals surface area (Å²) < 4.78 is 5.72. The molecule has 176 valence electrons. The van der Waals surface area contributed by atoms with E-state index in [0.29, 0.717) is 25.0 Å². The standard InChI is InChI=1S/C25H34O7/c1-4-5-21(30)32-20-11-15(27)10-14-6-7-16-17-8-9-25(31,19(29)13-26)23(17,2)12-18(28)22(16)24(14,20)3/h10-11,16-18,22,26,28,31H,4-9,12-13H2,1-3H3/t16-,17-,18-,22+,23-,24+,25-/m0/s1. The lowest BCUT2D eigenvalue weighted by Gasteiger charge is -2.60. The number of rotatable bonds is 5. The van der Waals surface area contributed by atoms with E-state index < -0.39 is 40.9 Å². The Morgan fingerprint density at radius 2 is 1.94 bits per heavy atom. The predicted octanol–water partition coefficient (Wildman–Crippen LogP) is 2.23. The number of allylic oxidation sites excluding steroid dienone is 3. The average molecular weight is 447 g/mol. The molecule has 0 bridgehead atoms. The van der Waals surface area contributed by atoms with Gasteiger partial charge in [-0.2, -0.15) is 0 Å². The maximum absolute atomic E-state index is 12.5. The van der Waals surface area contributed by atoms with E-state index in [2.05, 4.69) is 0 Å². The van der Waals surface area contributed by atoms with Crippen molar-refractivity contribution in [2.75, 3.05) is 6.61 Å². The number of carbonyl (C=O) groups excluding carboxylic acids is 3. The molecule has 0 spiro atoms. The van der Waals surface area contributed by atoms with Gasteiger partial charge in [-0.25, -0.2) is 0 Å². The number of aliphatic hydroxyl groups excluding tert-OH is 2. The number of Topliss-reactive ketones (excluding diaryl/α,β-unsaturated/α-hetero) is 1. The Hall–Kier alpha value is -1.83. The Morgan fingerprint density at radius 3 is 2.59 bits per heavy atom. The molecule has 4 rings (SSSR count). The second-order valence-corrected chi connectivity index (χ2v) is 10.5. The summed E-state index contributed by atoms with van der Waals surface area (Å²) in [6.45, 7) is 4.95. The number of carbonyl (C=O) groups is 3. The van der Waals surface area contributed by atoms with Crippen molar-refractivity contribution >= 4 is 17.5 Å². The maximum Gasteiger partial charge on any atom is 0.310 e. The third-order valence-electron chi connectivity index (χ3n) is 9.07. The first kappa shape index (κ1) is 23.3. The third-order valence-corrected chi connectivity index (χ3v) is 9.07. The third kappa shape index (κ3) is 3.08. The molecule has 0 aromatic carbocycles. The Kier molecular flexibility index (Phi) is 5.75. The quantitative estimate of drug-likeness (QED) is 0.554. The van der Waals surface area contributed by atoms with Crippen molar-refractivity contribution in [1.29, 1.82) is 0 Å². The van der Waals surface area contributed by atoms with Crippen LogP contribution in [0.4, 0.5) is 0 Å². The molecule has 0 saturated heterocycles. The van der Waals surface area contributed by atoms with Crippen molar-refractivity contribution in [3.05, 3.63) is 23.5 Å². The molecule has 7 heteroatoms. The Morgan fingerprint density at radius 1 is 1.22 bits per heavy atom. The van der Waals surface area contributed by atoms with Gasteiger partial charge in [0.15, 0.2) is 11.6 Å². The van der Waals surface area contributed by atoms with Crippen molar-refractivity contribution in [2.24, 2.45) is 28.6 Å². The van der Waals surface area contributed by atoms with Crippen LogP contribution in [0.25, 0.3) is 0 Å². The lowest BCUT2D eigenvalue weighted by molar-refractivity contribution is -0.182. The zero-order valence-corrected chi connectivity index (χ0v) is 19.1. The molecule has 3 N–H and O–H groups in total. The smallest absolute Gasteiger partial charge is 0.310 e. The Bertz CT molecular complexity index is 904. The molecule has 0 amide bonds. The average Bonchev–Trinajstić information content (AvgIpc) is 2.99. The summed E-state index contributed by atoms with van der Waals surface area (Å²) in [5, 5.41) is 32.3. The van der Waals surface area contributed by atoms with E-state index in [9.17, 15) is 29.7 Å². The van der Waals surface area contributed by atoms with E-state index in [1.807, 2.05) is 20.8 Å². The number of esters is 1. The van der Waals surface area contributed by atoms with Crippen LogP contribution in [0.5, 0.6) is 0 Å². The van der Waals surface area contributed by atoms with Crippen molar-refractivity contribution in [2.45, 2.75) is 77.4 Å². The Labute approximate surface area is 188 Å². The molecule has 0 radical (unpaired) electrons. The van der Waals surface area contributed by atoms with Gasteiger partial charge in [-0.3, -0.25) is 14.4 Å². The number of ether oxygens (including phenoxy) is 1. The minimum atomic E-state index is -1.66. The predicted molar refractivity (Wildman–Crippen MR) is 115 cm³/mol. The summed E-state index contributed by atoms with van der Waals surface area (Å²) in [6.07, 6.45) is 5.41. The second-order valence-electron chi connectivity index (χ2n) is 10.5. The molecule has 4 aliphatic rings. The highest BCUT2D eigenvalue weighted by molar-refractivity contribution is 6.02. The van der Waals surface area contributed by atoms with E-state index in [1.54, 1.807) is 6.08 Å². The fraction of sp³-hybridized carbons (Fsp3) is 0.720. The van der Waals surface area contributed by atoms with Gasteiger partial charge >= 0.3 is 5.97 Å². The van der Waals surface area contributed by atoms with Crippen molar-refractivity contribution in [1.82, 2.24) is 0 Å². The number of fused-ring (bicyclic) bond motifs is 5. The van der Waals surface area contributed by atoms with Crippen LogP contribution in [-0.2, 0) is 19.1 Å². The molecule has 0 aliphatic heterocycles. The topological polar surface area (TPSA) is 121 Å². The molecule has 0 aromatic heterocycles. The van der Waals surface area contributed by atoms with Gasteiger partial charge in [0.1, 0.15) is 18.0 Å². The van der Waals surface area contributed by atoms with Crippen LogP contribution in [0.15, 0.2) is 23.5 Å². The number of ketones is 2. The van der Waals surface area contributed by atoms with E-state index in [0.717, 1.165) is 12.0 Å². The highest BCUT2D eigenvalue weighted by Crippen LogP contribution is 2.68. The normalized spacial score (nSPS) is 42.9. The molecule has 32 heavy (non-hydrogen) atoms. The van der Waals surface area contributed by atoms with Crippen LogP contribution in [0.2, 0.25) is 0 Å². The van der Waals surface area contributed by atoms with Crippen LogP contribution in [0.1, 0.15) is 65.7 Å². The van der Waals surface area contributed by atoms with Crippen molar-refractivity contribution < 1.29 is 34.4 Å². The van der Waals surface area contributed by atoms with Crippen LogP contribution in [0, 0.1) is 28.6 Å². The molecule has 3 fully saturated rings. The van der Waals surface area contributed by atoms with Crippen LogP contribution in [0.3, 0.4) is 0 Å². The van der Waals surface area contributed by atoms with Gasteiger partial charge in [0.25, 0.3) is 0 Å². The molecular weight excluding hydrogens is 412 g/mol. The van der Waals surface area contributed by atoms with Crippen LogP contribution < -0.4 is 0 Å².